The van der Waals surface area contributed by atoms with Crippen LogP contribution in [0.2, 0.25) is 0 Å². The molecule has 0 radical (unpaired) electrons. The fourth-order valence-electron chi connectivity index (χ4n) is 2.93. The maximum absolute atomic E-state index is 10.7. The van der Waals surface area contributed by atoms with Gasteiger partial charge in [0.1, 0.15) is 13.2 Å². The average molecular weight is 277 g/mol. The van der Waals surface area contributed by atoms with Crippen LogP contribution in [0.5, 0.6) is 11.5 Å². The van der Waals surface area contributed by atoms with Gasteiger partial charge in [-0.3, -0.25) is 9.69 Å². The normalized spacial score (nSPS) is 19.8. The molecule has 108 valence electrons. The molecule has 1 fully saturated rings. The molecule has 5 nitrogen and oxygen atoms in total. The highest BCUT2D eigenvalue weighted by atomic mass is 16.6. The summed E-state index contributed by atoms with van der Waals surface area (Å²) in [6.07, 6.45) is 1.99. The standard InChI is InChI=1S/C15H19NO4/c17-15(18)10-16-5-3-11(4-6-16)12-1-2-13-14(9-12)20-8-7-19-13/h1-2,9,11H,3-8,10H2,(H,17,18). The predicted octanol–water partition coefficient (Wildman–Crippen LogP) is 1.72. The number of ether oxygens (including phenoxy) is 2. The molecule has 1 N–H and O–H groups in total. The Balaban J connectivity index is 1.64. The topological polar surface area (TPSA) is 59.0 Å². The fourth-order valence-corrected chi connectivity index (χ4v) is 2.93. The molecule has 0 aromatic heterocycles. The quantitative estimate of drug-likeness (QED) is 0.911. The summed E-state index contributed by atoms with van der Waals surface area (Å²) in [5.41, 5.74) is 1.27. The molecule has 2 aliphatic rings. The number of nitrogens with zero attached hydrogens (tertiary/aromatic N) is 1. The molecule has 0 amide bonds. The van der Waals surface area contributed by atoms with Crippen LogP contribution in [-0.2, 0) is 4.79 Å². The van der Waals surface area contributed by atoms with E-state index >= 15 is 0 Å². The average Bonchev–Trinajstić information content (AvgIpc) is 2.47. The number of fused-ring (bicyclic) bond motifs is 1. The van der Waals surface area contributed by atoms with Crippen molar-refractivity contribution in [3.05, 3.63) is 23.8 Å². The monoisotopic (exact) mass is 277 g/mol. The van der Waals surface area contributed by atoms with E-state index in [2.05, 4.69) is 12.1 Å². The molecule has 0 unspecified atom stereocenters. The van der Waals surface area contributed by atoms with Crippen molar-refractivity contribution in [3.63, 3.8) is 0 Å². The molecule has 2 heterocycles. The SMILES string of the molecule is O=C(O)CN1CCC(c2ccc3c(c2)OCCO3)CC1. The smallest absolute Gasteiger partial charge is 0.317 e. The molecular formula is C15H19NO4. The van der Waals surface area contributed by atoms with Crippen LogP contribution in [0.3, 0.4) is 0 Å². The van der Waals surface area contributed by atoms with Crippen molar-refractivity contribution >= 4 is 5.97 Å². The Morgan fingerprint density at radius 1 is 1.20 bits per heavy atom. The molecule has 20 heavy (non-hydrogen) atoms. The maximum Gasteiger partial charge on any atom is 0.317 e. The first-order chi connectivity index (χ1) is 9.72. The number of likely N-dealkylation sites (tertiary alicyclic amines) is 1. The minimum atomic E-state index is -0.747. The molecule has 0 aliphatic carbocycles. The minimum absolute atomic E-state index is 0.147. The van der Waals surface area contributed by atoms with Gasteiger partial charge in [0.05, 0.1) is 6.54 Å². The second-order valence-electron chi connectivity index (χ2n) is 5.35. The summed E-state index contributed by atoms with van der Waals surface area (Å²) in [4.78, 5) is 12.7. The van der Waals surface area contributed by atoms with E-state index in [0.717, 1.165) is 37.4 Å². The Morgan fingerprint density at radius 2 is 1.90 bits per heavy atom. The summed E-state index contributed by atoms with van der Waals surface area (Å²) in [7, 11) is 0. The fraction of sp³-hybridized carbons (Fsp3) is 0.533. The lowest BCUT2D eigenvalue weighted by atomic mass is 9.89. The number of carboxylic acid groups (broad SMARTS) is 1. The Kier molecular flexibility index (Phi) is 3.78. The highest BCUT2D eigenvalue weighted by Gasteiger charge is 2.23. The lowest BCUT2D eigenvalue weighted by molar-refractivity contribution is -0.138. The van der Waals surface area contributed by atoms with Crippen molar-refractivity contribution in [2.24, 2.45) is 0 Å². The van der Waals surface area contributed by atoms with Gasteiger partial charge in [0.2, 0.25) is 0 Å². The number of carboxylic acids is 1. The van der Waals surface area contributed by atoms with Crippen LogP contribution in [0, 0.1) is 0 Å². The predicted molar refractivity (Wildman–Crippen MR) is 73.5 cm³/mol. The van der Waals surface area contributed by atoms with Crippen LogP contribution >= 0.6 is 0 Å². The van der Waals surface area contributed by atoms with E-state index in [-0.39, 0.29) is 6.54 Å². The van der Waals surface area contributed by atoms with Gasteiger partial charge in [0, 0.05) is 0 Å². The van der Waals surface area contributed by atoms with Crippen molar-refractivity contribution in [1.29, 1.82) is 0 Å². The zero-order chi connectivity index (χ0) is 13.9. The first kappa shape index (κ1) is 13.2. The third-order valence-electron chi connectivity index (χ3n) is 3.98. The van der Waals surface area contributed by atoms with E-state index < -0.39 is 5.97 Å². The lowest BCUT2D eigenvalue weighted by Gasteiger charge is -2.31. The highest BCUT2D eigenvalue weighted by molar-refractivity contribution is 5.69. The second kappa shape index (κ2) is 5.71. The first-order valence-electron chi connectivity index (χ1n) is 7.06. The van der Waals surface area contributed by atoms with E-state index in [9.17, 15) is 4.79 Å². The molecule has 0 atom stereocenters. The highest BCUT2D eigenvalue weighted by Crippen LogP contribution is 2.36. The summed E-state index contributed by atoms with van der Waals surface area (Å²) >= 11 is 0. The number of hydrogen-bond donors (Lipinski definition) is 1. The molecular weight excluding hydrogens is 258 g/mol. The number of hydrogen-bond acceptors (Lipinski definition) is 4. The Labute approximate surface area is 118 Å². The van der Waals surface area contributed by atoms with Crippen LogP contribution < -0.4 is 9.47 Å². The number of carbonyl (C=O) groups is 1. The van der Waals surface area contributed by atoms with Gasteiger partial charge in [-0.2, -0.15) is 0 Å². The van der Waals surface area contributed by atoms with Gasteiger partial charge in [-0.15, -0.1) is 0 Å². The minimum Gasteiger partial charge on any atom is -0.486 e. The number of aliphatic carboxylic acids is 1. The van der Waals surface area contributed by atoms with Crippen LogP contribution in [-0.4, -0.2) is 48.8 Å². The third kappa shape index (κ3) is 2.88. The van der Waals surface area contributed by atoms with Crippen molar-refractivity contribution in [3.8, 4) is 11.5 Å². The third-order valence-corrected chi connectivity index (χ3v) is 3.98. The lowest BCUT2D eigenvalue weighted by Crippen LogP contribution is -2.36. The zero-order valence-corrected chi connectivity index (χ0v) is 11.4. The number of rotatable bonds is 3. The Morgan fingerprint density at radius 3 is 2.60 bits per heavy atom. The maximum atomic E-state index is 10.7. The Hall–Kier alpha value is -1.75. The summed E-state index contributed by atoms with van der Waals surface area (Å²) < 4.78 is 11.1. The van der Waals surface area contributed by atoms with E-state index in [4.69, 9.17) is 14.6 Å². The van der Waals surface area contributed by atoms with Crippen LogP contribution in [0.25, 0.3) is 0 Å². The van der Waals surface area contributed by atoms with E-state index in [1.807, 2.05) is 11.0 Å². The molecule has 1 saturated heterocycles. The largest absolute Gasteiger partial charge is 0.486 e. The molecule has 1 aromatic carbocycles. The molecule has 0 saturated carbocycles. The second-order valence-corrected chi connectivity index (χ2v) is 5.35. The first-order valence-corrected chi connectivity index (χ1v) is 7.06. The van der Waals surface area contributed by atoms with Gasteiger partial charge in [0.15, 0.2) is 11.5 Å². The molecule has 0 bridgehead atoms. The van der Waals surface area contributed by atoms with E-state index in [1.54, 1.807) is 0 Å². The van der Waals surface area contributed by atoms with E-state index in [0.29, 0.717) is 19.1 Å². The van der Waals surface area contributed by atoms with Gasteiger partial charge >= 0.3 is 5.97 Å². The number of piperidine rings is 1. The molecule has 0 spiro atoms. The van der Waals surface area contributed by atoms with Gasteiger partial charge in [-0.1, -0.05) is 6.07 Å². The summed E-state index contributed by atoms with van der Waals surface area (Å²) in [6, 6.07) is 6.16. The van der Waals surface area contributed by atoms with Gasteiger partial charge in [-0.25, -0.2) is 0 Å². The molecule has 3 rings (SSSR count). The van der Waals surface area contributed by atoms with Crippen molar-refractivity contribution < 1.29 is 19.4 Å². The van der Waals surface area contributed by atoms with Gasteiger partial charge in [-0.05, 0) is 49.5 Å². The summed E-state index contributed by atoms with van der Waals surface area (Å²) in [5, 5.41) is 8.81. The van der Waals surface area contributed by atoms with Crippen LogP contribution in [0.15, 0.2) is 18.2 Å². The van der Waals surface area contributed by atoms with E-state index in [1.165, 1.54) is 5.56 Å². The van der Waals surface area contributed by atoms with Gasteiger partial charge in [0.25, 0.3) is 0 Å². The molecule has 1 aromatic rings. The summed E-state index contributed by atoms with van der Waals surface area (Å²) in [5.74, 6) is 1.39. The van der Waals surface area contributed by atoms with Crippen molar-refractivity contribution in [2.75, 3.05) is 32.8 Å². The van der Waals surface area contributed by atoms with Crippen LogP contribution in [0.4, 0.5) is 0 Å². The van der Waals surface area contributed by atoms with Gasteiger partial charge < -0.3 is 14.6 Å². The van der Waals surface area contributed by atoms with Crippen molar-refractivity contribution in [2.45, 2.75) is 18.8 Å². The van der Waals surface area contributed by atoms with Crippen LogP contribution in [0.1, 0.15) is 24.3 Å². The Bertz CT molecular complexity index is 495. The molecule has 5 heteroatoms. The summed E-state index contributed by atoms with van der Waals surface area (Å²) in [6.45, 7) is 3.04. The molecule has 2 aliphatic heterocycles. The zero-order valence-electron chi connectivity index (χ0n) is 11.4. The number of benzene rings is 1. The van der Waals surface area contributed by atoms with Crippen molar-refractivity contribution in [1.82, 2.24) is 4.90 Å².